The number of esters is 1. The van der Waals surface area contributed by atoms with Gasteiger partial charge in [-0.1, -0.05) is 0 Å². The first-order valence-corrected chi connectivity index (χ1v) is 5.20. The molecule has 3 saturated heterocycles. The molecule has 0 saturated carbocycles. The molecule has 3 aliphatic heterocycles. The number of hydrogen-bond acceptors (Lipinski definition) is 4. The monoisotopic (exact) mass is 198 g/mol. The maximum absolute atomic E-state index is 10.9. The smallest absolute Gasteiger partial charge is 0.302 e. The van der Waals surface area contributed by atoms with E-state index in [1.165, 1.54) is 6.92 Å². The first-order chi connectivity index (χ1) is 6.72. The van der Waals surface area contributed by atoms with Gasteiger partial charge in [-0.15, -0.1) is 0 Å². The third-order valence-electron chi connectivity index (χ3n) is 3.32. The van der Waals surface area contributed by atoms with Crippen molar-refractivity contribution in [3.05, 3.63) is 0 Å². The average molecular weight is 198 g/mol. The Morgan fingerprint density at radius 2 is 1.86 bits per heavy atom. The average Bonchev–Trinajstić information content (AvgIpc) is 2.31. The first kappa shape index (κ1) is 8.68. The molecule has 4 heteroatoms. The number of rotatable bonds is 1. The van der Waals surface area contributed by atoms with E-state index in [2.05, 4.69) is 0 Å². The zero-order chi connectivity index (χ0) is 9.71. The molecule has 78 valence electrons. The van der Waals surface area contributed by atoms with Crippen molar-refractivity contribution in [3.8, 4) is 0 Å². The van der Waals surface area contributed by atoms with Crippen molar-refractivity contribution >= 4 is 5.97 Å². The minimum Gasteiger partial charge on any atom is -0.460 e. The van der Waals surface area contributed by atoms with Crippen LogP contribution in [0, 0.1) is 0 Å². The second-order valence-corrected chi connectivity index (χ2v) is 4.36. The van der Waals surface area contributed by atoms with E-state index in [-0.39, 0.29) is 30.4 Å². The Balaban J connectivity index is 1.76. The van der Waals surface area contributed by atoms with Crippen molar-refractivity contribution < 1.29 is 19.0 Å². The minimum atomic E-state index is -0.222. The Morgan fingerprint density at radius 3 is 2.64 bits per heavy atom. The molecule has 3 rings (SSSR count). The number of fused-ring (bicyclic) bond motifs is 2. The van der Waals surface area contributed by atoms with E-state index >= 15 is 0 Å². The van der Waals surface area contributed by atoms with Crippen LogP contribution in [-0.2, 0) is 19.0 Å². The van der Waals surface area contributed by atoms with Gasteiger partial charge in [-0.05, 0) is 0 Å². The zero-order valence-corrected chi connectivity index (χ0v) is 8.14. The summed E-state index contributed by atoms with van der Waals surface area (Å²) in [7, 11) is 0. The Hall–Kier alpha value is -0.610. The first-order valence-electron chi connectivity index (χ1n) is 5.20. The molecular weight excluding hydrogens is 184 g/mol. The zero-order valence-electron chi connectivity index (χ0n) is 8.14. The summed E-state index contributed by atoms with van der Waals surface area (Å²) < 4.78 is 16.8. The molecule has 3 aliphatic rings. The molecule has 3 heterocycles. The van der Waals surface area contributed by atoms with Crippen molar-refractivity contribution in [2.75, 3.05) is 0 Å². The van der Waals surface area contributed by atoms with Crippen LogP contribution in [0.4, 0.5) is 0 Å². The van der Waals surface area contributed by atoms with Gasteiger partial charge in [0.05, 0.1) is 24.4 Å². The summed E-state index contributed by atoms with van der Waals surface area (Å²) in [5.41, 5.74) is 0. The summed E-state index contributed by atoms with van der Waals surface area (Å²) >= 11 is 0. The maximum Gasteiger partial charge on any atom is 0.302 e. The van der Waals surface area contributed by atoms with Crippen LogP contribution < -0.4 is 0 Å². The minimum absolute atomic E-state index is 0.0707. The number of hydrogen-bond donors (Lipinski definition) is 0. The lowest BCUT2D eigenvalue weighted by molar-refractivity contribution is -0.177. The fraction of sp³-hybridized carbons (Fsp3) is 0.900. The molecule has 0 aromatic rings. The van der Waals surface area contributed by atoms with Gasteiger partial charge in [0.15, 0.2) is 0 Å². The summed E-state index contributed by atoms with van der Waals surface area (Å²) in [6.07, 6.45) is 3.45. The SMILES string of the molecule is CC(=O)OC1CC2OC3CC1OC2C3. The molecule has 4 nitrogen and oxygen atoms in total. The molecule has 0 aromatic heterocycles. The van der Waals surface area contributed by atoms with Crippen molar-refractivity contribution in [1.82, 2.24) is 0 Å². The van der Waals surface area contributed by atoms with E-state index in [4.69, 9.17) is 14.2 Å². The standard InChI is InChI=1S/C10H14O4/c1-5(11)12-9-4-10-8-3-6(13-10)2-7(9)14-8/h6-10H,2-4H2,1H3. The van der Waals surface area contributed by atoms with Crippen LogP contribution >= 0.6 is 0 Å². The van der Waals surface area contributed by atoms with Crippen LogP contribution in [-0.4, -0.2) is 36.5 Å². The third-order valence-corrected chi connectivity index (χ3v) is 3.32. The van der Waals surface area contributed by atoms with E-state index in [0.717, 1.165) is 19.3 Å². The number of carbonyl (C=O) groups is 1. The molecule has 0 N–H and O–H groups in total. The Morgan fingerprint density at radius 1 is 1.14 bits per heavy atom. The lowest BCUT2D eigenvalue weighted by atomic mass is 9.90. The highest BCUT2D eigenvalue weighted by molar-refractivity contribution is 5.66. The lowest BCUT2D eigenvalue weighted by Gasteiger charge is -2.37. The quantitative estimate of drug-likeness (QED) is 0.580. The van der Waals surface area contributed by atoms with Gasteiger partial charge in [0.1, 0.15) is 6.10 Å². The highest BCUT2D eigenvalue weighted by atomic mass is 16.6. The molecule has 0 radical (unpaired) electrons. The highest BCUT2D eigenvalue weighted by Crippen LogP contribution is 2.42. The molecule has 3 bridgehead atoms. The second-order valence-electron chi connectivity index (χ2n) is 4.36. The van der Waals surface area contributed by atoms with Gasteiger partial charge in [0, 0.05) is 26.2 Å². The van der Waals surface area contributed by atoms with Crippen LogP contribution in [0.2, 0.25) is 0 Å². The van der Waals surface area contributed by atoms with Crippen LogP contribution in [0.15, 0.2) is 0 Å². The van der Waals surface area contributed by atoms with Crippen LogP contribution in [0.3, 0.4) is 0 Å². The predicted molar refractivity (Wildman–Crippen MR) is 46.7 cm³/mol. The Bertz CT molecular complexity index is 263. The summed E-state index contributed by atoms with van der Waals surface area (Å²) in [5.74, 6) is -0.222. The largest absolute Gasteiger partial charge is 0.460 e. The molecule has 14 heavy (non-hydrogen) atoms. The fourth-order valence-corrected chi connectivity index (χ4v) is 2.80. The van der Waals surface area contributed by atoms with Crippen LogP contribution in [0.25, 0.3) is 0 Å². The fourth-order valence-electron chi connectivity index (χ4n) is 2.80. The van der Waals surface area contributed by atoms with E-state index < -0.39 is 0 Å². The van der Waals surface area contributed by atoms with Crippen molar-refractivity contribution in [3.63, 3.8) is 0 Å². The van der Waals surface area contributed by atoms with Crippen LogP contribution in [0.5, 0.6) is 0 Å². The summed E-state index contributed by atoms with van der Waals surface area (Å²) in [6.45, 7) is 1.44. The molecule has 0 aromatic carbocycles. The summed E-state index contributed by atoms with van der Waals surface area (Å²) in [4.78, 5) is 10.9. The second kappa shape index (κ2) is 2.94. The van der Waals surface area contributed by atoms with E-state index in [0.29, 0.717) is 6.10 Å². The summed E-state index contributed by atoms with van der Waals surface area (Å²) in [6, 6.07) is 0. The molecular formula is C10H14O4. The van der Waals surface area contributed by atoms with E-state index in [1.807, 2.05) is 0 Å². The number of ether oxygens (including phenoxy) is 3. The maximum atomic E-state index is 10.9. The topological polar surface area (TPSA) is 44.8 Å². The molecule has 0 spiro atoms. The van der Waals surface area contributed by atoms with Crippen molar-refractivity contribution in [2.24, 2.45) is 0 Å². The van der Waals surface area contributed by atoms with Gasteiger partial charge in [0.2, 0.25) is 0 Å². The lowest BCUT2D eigenvalue weighted by Crippen LogP contribution is -2.48. The van der Waals surface area contributed by atoms with Crippen molar-refractivity contribution in [2.45, 2.75) is 56.7 Å². The normalized spacial score (nSPS) is 49.4. The molecule has 3 fully saturated rings. The highest BCUT2D eigenvalue weighted by Gasteiger charge is 2.51. The van der Waals surface area contributed by atoms with Gasteiger partial charge < -0.3 is 14.2 Å². The van der Waals surface area contributed by atoms with Gasteiger partial charge in [-0.25, -0.2) is 0 Å². The Kier molecular flexibility index (Phi) is 1.82. The predicted octanol–water partition coefficient (Wildman–Crippen LogP) is 0.637. The van der Waals surface area contributed by atoms with Gasteiger partial charge in [0.25, 0.3) is 0 Å². The molecule has 5 unspecified atom stereocenters. The van der Waals surface area contributed by atoms with E-state index in [1.54, 1.807) is 0 Å². The summed E-state index contributed by atoms with van der Waals surface area (Å²) in [5, 5.41) is 0. The third kappa shape index (κ3) is 1.25. The van der Waals surface area contributed by atoms with E-state index in [9.17, 15) is 4.79 Å². The molecule has 0 amide bonds. The van der Waals surface area contributed by atoms with Crippen molar-refractivity contribution in [1.29, 1.82) is 0 Å². The van der Waals surface area contributed by atoms with Gasteiger partial charge in [-0.3, -0.25) is 4.79 Å². The number of carbonyl (C=O) groups excluding carboxylic acids is 1. The van der Waals surface area contributed by atoms with Gasteiger partial charge in [-0.2, -0.15) is 0 Å². The molecule has 5 atom stereocenters. The van der Waals surface area contributed by atoms with Crippen LogP contribution in [0.1, 0.15) is 26.2 Å². The van der Waals surface area contributed by atoms with Gasteiger partial charge >= 0.3 is 5.97 Å². The molecule has 0 aliphatic carbocycles. The Labute approximate surface area is 82.5 Å².